The maximum Gasteiger partial charge on any atom is 0.122 e. The summed E-state index contributed by atoms with van der Waals surface area (Å²) in [6.45, 7) is 5.66. The lowest BCUT2D eigenvalue weighted by atomic mass is 9.77. The Balaban J connectivity index is 2.46. The van der Waals surface area contributed by atoms with E-state index in [1.807, 2.05) is 6.07 Å². The normalized spacial score (nSPS) is 18.0. The van der Waals surface area contributed by atoms with Gasteiger partial charge in [-0.15, -0.1) is 11.6 Å². The third kappa shape index (κ3) is 1.61. The van der Waals surface area contributed by atoms with E-state index in [0.29, 0.717) is 5.88 Å². The van der Waals surface area contributed by atoms with Gasteiger partial charge < -0.3 is 9.47 Å². The molecule has 0 atom stereocenters. The van der Waals surface area contributed by atoms with E-state index < -0.39 is 0 Å². The molecule has 1 fully saturated rings. The second-order valence-electron chi connectivity index (χ2n) is 4.47. The van der Waals surface area contributed by atoms with Crippen LogP contribution >= 0.6 is 11.6 Å². The molecule has 88 valence electrons. The molecule has 0 amide bonds. The number of ether oxygens (including phenoxy) is 2. The number of methoxy groups -OCH3 is 1. The SMILES string of the molecule is COc1ccc(C2(CCl)COC2)c(C)c1C. The average Bonchev–Trinajstić information content (AvgIpc) is 2.23. The highest BCUT2D eigenvalue weighted by Gasteiger charge is 2.40. The lowest BCUT2D eigenvalue weighted by Gasteiger charge is -2.41. The molecule has 0 aromatic heterocycles. The number of halogens is 1. The van der Waals surface area contributed by atoms with Gasteiger partial charge in [-0.3, -0.25) is 0 Å². The Bertz CT molecular complexity index is 392. The summed E-state index contributed by atoms with van der Waals surface area (Å²) in [4.78, 5) is 0. The van der Waals surface area contributed by atoms with Crippen LogP contribution in [-0.4, -0.2) is 26.2 Å². The van der Waals surface area contributed by atoms with Crippen molar-refractivity contribution < 1.29 is 9.47 Å². The summed E-state index contributed by atoms with van der Waals surface area (Å²) in [5.41, 5.74) is 3.77. The highest BCUT2D eigenvalue weighted by molar-refractivity contribution is 6.18. The molecule has 0 N–H and O–H groups in total. The van der Waals surface area contributed by atoms with E-state index in [2.05, 4.69) is 19.9 Å². The molecule has 1 aromatic rings. The summed E-state index contributed by atoms with van der Waals surface area (Å²) in [5.74, 6) is 1.55. The first-order chi connectivity index (χ1) is 7.64. The topological polar surface area (TPSA) is 18.5 Å². The van der Waals surface area contributed by atoms with Gasteiger partial charge in [0.1, 0.15) is 5.75 Å². The molecule has 0 spiro atoms. The summed E-state index contributed by atoms with van der Waals surface area (Å²) >= 11 is 6.08. The van der Waals surface area contributed by atoms with Crippen LogP contribution in [-0.2, 0) is 10.2 Å². The van der Waals surface area contributed by atoms with Gasteiger partial charge in [0.05, 0.1) is 25.7 Å². The van der Waals surface area contributed by atoms with Gasteiger partial charge >= 0.3 is 0 Å². The Hall–Kier alpha value is -0.730. The van der Waals surface area contributed by atoms with Crippen LogP contribution in [0.15, 0.2) is 12.1 Å². The van der Waals surface area contributed by atoms with Crippen molar-refractivity contribution >= 4 is 11.6 Å². The molecule has 0 aliphatic carbocycles. The highest BCUT2D eigenvalue weighted by atomic mass is 35.5. The number of hydrogen-bond donors (Lipinski definition) is 0. The summed E-state index contributed by atoms with van der Waals surface area (Å²) in [6.07, 6.45) is 0. The van der Waals surface area contributed by atoms with Crippen molar-refractivity contribution in [2.75, 3.05) is 26.2 Å². The van der Waals surface area contributed by atoms with Crippen LogP contribution in [0.4, 0.5) is 0 Å². The first-order valence-corrected chi connectivity index (χ1v) is 5.96. The predicted octanol–water partition coefficient (Wildman–Crippen LogP) is 2.82. The van der Waals surface area contributed by atoms with Gasteiger partial charge in [-0.1, -0.05) is 6.07 Å². The molecule has 0 radical (unpaired) electrons. The molecule has 0 unspecified atom stereocenters. The zero-order chi connectivity index (χ0) is 11.8. The summed E-state index contributed by atoms with van der Waals surface area (Å²) < 4.78 is 10.6. The van der Waals surface area contributed by atoms with Crippen LogP contribution in [0.25, 0.3) is 0 Å². The lowest BCUT2D eigenvalue weighted by molar-refractivity contribution is -0.0483. The fraction of sp³-hybridized carbons (Fsp3) is 0.538. The molecular weight excluding hydrogens is 224 g/mol. The molecule has 0 bridgehead atoms. The summed E-state index contributed by atoms with van der Waals surface area (Å²) in [5, 5.41) is 0. The zero-order valence-electron chi connectivity index (χ0n) is 9.97. The first kappa shape index (κ1) is 11.7. The second kappa shape index (κ2) is 4.27. The van der Waals surface area contributed by atoms with Gasteiger partial charge in [0.2, 0.25) is 0 Å². The van der Waals surface area contributed by atoms with Crippen molar-refractivity contribution in [3.8, 4) is 5.75 Å². The first-order valence-electron chi connectivity index (χ1n) is 5.43. The molecule has 1 aliphatic rings. The Morgan fingerprint density at radius 3 is 2.44 bits per heavy atom. The van der Waals surface area contributed by atoms with Gasteiger partial charge in [0.15, 0.2) is 0 Å². The summed E-state index contributed by atoms with van der Waals surface area (Å²) in [7, 11) is 1.70. The fourth-order valence-corrected chi connectivity index (χ4v) is 2.54. The van der Waals surface area contributed by atoms with Gasteiger partial charge in [-0.05, 0) is 36.6 Å². The average molecular weight is 241 g/mol. The smallest absolute Gasteiger partial charge is 0.122 e. The molecule has 1 saturated heterocycles. The van der Waals surface area contributed by atoms with Gasteiger partial charge in [-0.25, -0.2) is 0 Å². The van der Waals surface area contributed by atoms with E-state index in [4.69, 9.17) is 21.1 Å². The highest BCUT2D eigenvalue weighted by Crippen LogP contribution is 2.38. The minimum atomic E-state index is 0.0165. The molecule has 2 rings (SSSR count). The number of alkyl halides is 1. The Kier molecular flexibility index (Phi) is 3.13. The number of rotatable bonds is 3. The van der Waals surface area contributed by atoms with Crippen LogP contribution in [0.3, 0.4) is 0 Å². The van der Waals surface area contributed by atoms with Crippen molar-refractivity contribution in [2.24, 2.45) is 0 Å². The Morgan fingerprint density at radius 2 is 2.00 bits per heavy atom. The third-order valence-electron chi connectivity index (χ3n) is 3.54. The second-order valence-corrected chi connectivity index (χ2v) is 4.74. The third-order valence-corrected chi connectivity index (χ3v) is 4.05. The van der Waals surface area contributed by atoms with Gasteiger partial charge in [0.25, 0.3) is 0 Å². The minimum absolute atomic E-state index is 0.0165. The predicted molar refractivity (Wildman–Crippen MR) is 65.7 cm³/mol. The standard InChI is InChI=1S/C13H17ClO2/c1-9-10(2)12(15-3)5-4-11(9)13(6-14)7-16-8-13/h4-5H,6-8H2,1-3H3. The lowest BCUT2D eigenvalue weighted by Crippen LogP contribution is -2.48. The molecule has 3 heteroatoms. The van der Waals surface area contributed by atoms with Crippen molar-refractivity contribution in [1.29, 1.82) is 0 Å². The maximum atomic E-state index is 6.08. The summed E-state index contributed by atoms with van der Waals surface area (Å²) in [6, 6.07) is 4.14. The zero-order valence-corrected chi connectivity index (χ0v) is 10.7. The Labute approximate surface area is 102 Å². The van der Waals surface area contributed by atoms with E-state index in [1.54, 1.807) is 7.11 Å². The monoisotopic (exact) mass is 240 g/mol. The molecule has 1 heterocycles. The number of benzene rings is 1. The quantitative estimate of drug-likeness (QED) is 0.757. The maximum absolute atomic E-state index is 6.08. The molecule has 0 saturated carbocycles. The van der Waals surface area contributed by atoms with E-state index in [0.717, 1.165) is 19.0 Å². The number of hydrogen-bond acceptors (Lipinski definition) is 2. The van der Waals surface area contributed by atoms with Crippen molar-refractivity contribution in [3.05, 3.63) is 28.8 Å². The van der Waals surface area contributed by atoms with Crippen LogP contribution in [0.5, 0.6) is 5.75 Å². The molecule has 16 heavy (non-hydrogen) atoms. The van der Waals surface area contributed by atoms with Gasteiger partial charge in [-0.2, -0.15) is 0 Å². The van der Waals surface area contributed by atoms with E-state index >= 15 is 0 Å². The van der Waals surface area contributed by atoms with Crippen LogP contribution in [0, 0.1) is 13.8 Å². The minimum Gasteiger partial charge on any atom is -0.496 e. The van der Waals surface area contributed by atoms with Crippen molar-refractivity contribution in [1.82, 2.24) is 0 Å². The van der Waals surface area contributed by atoms with E-state index in [9.17, 15) is 0 Å². The largest absolute Gasteiger partial charge is 0.496 e. The van der Waals surface area contributed by atoms with Gasteiger partial charge in [0, 0.05) is 5.88 Å². The van der Waals surface area contributed by atoms with Crippen LogP contribution in [0.1, 0.15) is 16.7 Å². The molecular formula is C13H17ClO2. The van der Waals surface area contributed by atoms with Crippen LogP contribution in [0.2, 0.25) is 0 Å². The Morgan fingerprint density at radius 1 is 1.31 bits per heavy atom. The van der Waals surface area contributed by atoms with Crippen molar-refractivity contribution in [2.45, 2.75) is 19.3 Å². The van der Waals surface area contributed by atoms with E-state index in [-0.39, 0.29) is 5.41 Å². The molecule has 1 aliphatic heterocycles. The fourth-order valence-electron chi connectivity index (χ4n) is 2.24. The molecule has 2 nitrogen and oxygen atoms in total. The van der Waals surface area contributed by atoms with Crippen molar-refractivity contribution in [3.63, 3.8) is 0 Å². The van der Waals surface area contributed by atoms with E-state index in [1.165, 1.54) is 16.7 Å². The van der Waals surface area contributed by atoms with Crippen LogP contribution < -0.4 is 4.74 Å². The molecule has 1 aromatic carbocycles.